The van der Waals surface area contributed by atoms with Gasteiger partial charge in [-0.15, -0.1) is 0 Å². The average Bonchev–Trinajstić information content (AvgIpc) is 3.48. The van der Waals surface area contributed by atoms with E-state index in [-0.39, 0.29) is 46.2 Å². The first kappa shape index (κ1) is 43.8. The molecular formula is C46H55ClN4O7. The summed E-state index contributed by atoms with van der Waals surface area (Å²) in [6.45, 7) is 1.94. The van der Waals surface area contributed by atoms with Gasteiger partial charge < -0.3 is 20.0 Å². The van der Waals surface area contributed by atoms with Crippen LogP contribution in [0.5, 0.6) is 0 Å². The van der Waals surface area contributed by atoms with E-state index in [1.807, 2.05) is 6.07 Å². The van der Waals surface area contributed by atoms with Gasteiger partial charge in [0, 0.05) is 35.7 Å². The normalized spacial score (nSPS) is 13.3. The van der Waals surface area contributed by atoms with Gasteiger partial charge in [-0.2, -0.15) is 0 Å². The Morgan fingerprint density at radius 3 is 1.98 bits per heavy atom. The largest absolute Gasteiger partial charge is 0.423 e. The van der Waals surface area contributed by atoms with Crippen LogP contribution in [-0.4, -0.2) is 51.9 Å². The van der Waals surface area contributed by atoms with Gasteiger partial charge in [0.1, 0.15) is 12.1 Å². The molecule has 2 heterocycles. The first-order valence-corrected chi connectivity index (χ1v) is 21.2. The number of nitrogens with one attached hydrogen (secondary N) is 2. The highest BCUT2D eigenvalue weighted by atomic mass is 35.5. The fraction of sp³-hybridized carbons (Fsp3) is 0.435. The molecule has 1 saturated heterocycles. The third kappa shape index (κ3) is 12.6. The number of Topliss-reactive ketones (excluding diaryl/α,β-unsaturated/α-hetero) is 1. The van der Waals surface area contributed by atoms with Gasteiger partial charge in [-0.1, -0.05) is 157 Å². The lowest BCUT2D eigenvalue weighted by Gasteiger charge is -2.25. The average molecular weight is 811 g/mol. The van der Waals surface area contributed by atoms with Crippen LogP contribution in [-0.2, 0) is 20.9 Å². The number of unbranched alkanes of at least 4 members (excludes halogenated alkanes) is 14. The van der Waals surface area contributed by atoms with E-state index in [2.05, 4.69) is 17.6 Å². The van der Waals surface area contributed by atoms with E-state index in [4.69, 9.17) is 16.0 Å². The third-order valence-corrected chi connectivity index (χ3v) is 10.8. The molecule has 1 aliphatic rings. The maximum absolute atomic E-state index is 14.4. The summed E-state index contributed by atoms with van der Waals surface area (Å²) < 4.78 is 5.26. The fourth-order valence-corrected chi connectivity index (χ4v) is 7.51. The molecule has 4 aromatic rings. The monoisotopic (exact) mass is 810 g/mol. The number of urea groups is 1. The van der Waals surface area contributed by atoms with Gasteiger partial charge in [-0.25, -0.2) is 14.5 Å². The quantitative estimate of drug-likeness (QED) is 0.0235. The molecule has 1 aromatic heterocycles. The first-order chi connectivity index (χ1) is 28.2. The summed E-state index contributed by atoms with van der Waals surface area (Å²) in [7, 11) is 0. The van der Waals surface area contributed by atoms with Crippen molar-refractivity contribution in [2.75, 3.05) is 17.2 Å². The van der Waals surface area contributed by atoms with Gasteiger partial charge in [0.2, 0.25) is 5.91 Å². The number of amides is 5. The van der Waals surface area contributed by atoms with Crippen LogP contribution in [0.15, 0.2) is 88.1 Å². The summed E-state index contributed by atoms with van der Waals surface area (Å²) in [4.78, 5) is 83.2. The maximum atomic E-state index is 14.4. The summed E-state index contributed by atoms with van der Waals surface area (Å²) in [5.74, 6) is -2.96. The van der Waals surface area contributed by atoms with E-state index >= 15 is 0 Å². The lowest BCUT2D eigenvalue weighted by molar-refractivity contribution is -0.131. The van der Waals surface area contributed by atoms with Gasteiger partial charge in [-0.3, -0.25) is 19.2 Å². The van der Waals surface area contributed by atoms with Crippen molar-refractivity contribution in [3.05, 3.63) is 105 Å². The standard InChI is InChI=1S/C46H55ClN4O7/c1-2-3-4-5-6-7-8-9-10-11-12-13-14-15-19-26-40(52)48-34-27-28-37(47)38(29-34)49-45(56)43(44(55)36-30-42(54)58-39-25-21-20-24-35(36)39)51-41(53)32-50(46(51)57)31-33-22-17-16-18-23-33/h16-18,20-25,27-30,43H,2-15,19,26,31-32H2,1H3,(H,48,52)(H,49,56). The molecular weight excluding hydrogens is 756 g/mol. The van der Waals surface area contributed by atoms with E-state index in [0.717, 1.165) is 37.3 Å². The molecule has 2 N–H and O–H groups in total. The van der Waals surface area contributed by atoms with Crippen molar-refractivity contribution in [3.63, 3.8) is 0 Å². The van der Waals surface area contributed by atoms with Gasteiger partial charge in [-0.05, 0) is 36.2 Å². The molecule has 0 bridgehead atoms. The Morgan fingerprint density at radius 2 is 1.33 bits per heavy atom. The van der Waals surface area contributed by atoms with Gasteiger partial charge >= 0.3 is 11.7 Å². The number of hydrogen-bond donors (Lipinski definition) is 2. The Bertz CT molecular complexity index is 2090. The molecule has 3 aromatic carbocycles. The number of nitrogens with zero attached hydrogens (tertiary/aromatic N) is 2. The number of hydrogen-bond acceptors (Lipinski definition) is 7. The van der Waals surface area contributed by atoms with E-state index in [1.165, 1.54) is 99.8 Å². The van der Waals surface area contributed by atoms with Crippen LogP contribution in [0, 0.1) is 0 Å². The summed E-state index contributed by atoms with van der Waals surface area (Å²) in [5.41, 5.74) is 0.212. The highest BCUT2D eigenvalue weighted by molar-refractivity contribution is 6.34. The summed E-state index contributed by atoms with van der Waals surface area (Å²) in [6.07, 6.45) is 18.8. The lowest BCUT2D eigenvalue weighted by atomic mass is 9.99. The number of carbonyl (C=O) groups excluding carboxylic acids is 5. The number of ketones is 1. The Balaban J connectivity index is 1.18. The molecule has 0 saturated carbocycles. The highest BCUT2D eigenvalue weighted by Gasteiger charge is 2.47. The molecule has 1 atom stereocenters. The molecule has 5 amide bonds. The van der Waals surface area contributed by atoms with Crippen LogP contribution < -0.4 is 16.3 Å². The Morgan fingerprint density at radius 1 is 0.724 bits per heavy atom. The van der Waals surface area contributed by atoms with Gasteiger partial charge in [0.05, 0.1) is 10.7 Å². The fourth-order valence-electron chi connectivity index (χ4n) is 7.34. The minimum atomic E-state index is -2.01. The van der Waals surface area contributed by atoms with Crippen LogP contribution >= 0.6 is 11.6 Å². The molecule has 308 valence electrons. The third-order valence-electron chi connectivity index (χ3n) is 10.5. The van der Waals surface area contributed by atoms with Crippen LogP contribution in [0.3, 0.4) is 0 Å². The number of para-hydroxylation sites is 1. The smallest absolute Gasteiger partial charge is 0.336 e. The minimum Gasteiger partial charge on any atom is -0.423 e. The molecule has 58 heavy (non-hydrogen) atoms. The zero-order valence-corrected chi connectivity index (χ0v) is 34.2. The molecule has 0 aliphatic carbocycles. The second-order valence-corrected chi connectivity index (χ2v) is 15.5. The Kier molecular flexibility index (Phi) is 17.1. The highest BCUT2D eigenvalue weighted by Crippen LogP contribution is 2.29. The van der Waals surface area contributed by atoms with Crippen molar-refractivity contribution in [1.82, 2.24) is 9.80 Å². The van der Waals surface area contributed by atoms with Crippen LogP contribution in [0.2, 0.25) is 5.02 Å². The molecule has 0 radical (unpaired) electrons. The van der Waals surface area contributed by atoms with Crippen LogP contribution in [0.1, 0.15) is 126 Å². The molecule has 0 spiro atoms. The maximum Gasteiger partial charge on any atom is 0.336 e. The molecule has 11 nitrogen and oxygen atoms in total. The van der Waals surface area contributed by atoms with E-state index in [1.54, 1.807) is 42.5 Å². The van der Waals surface area contributed by atoms with Crippen molar-refractivity contribution in [2.45, 2.75) is 122 Å². The number of fused-ring (bicyclic) bond motifs is 1. The molecule has 12 heteroatoms. The number of halogens is 1. The van der Waals surface area contributed by atoms with Crippen molar-refractivity contribution in [3.8, 4) is 0 Å². The van der Waals surface area contributed by atoms with E-state index in [9.17, 15) is 28.8 Å². The predicted molar refractivity (Wildman–Crippen MR) is 228 cm³/mol. The van der Waals surface area contributed by atoms with Crippen molar-refractivity contribution >= 4 is 63.5 Å². The first-order valence-electron chi connectivity index (χ1n) is 20.8. The molecule has 1 aliphatic heterocycles. The number of rotatable bonds is 24. The second-order valence-electron chi connectivity index (χ2n) is 15.1. The summed E-state index contributed by atoms with van der Waals surface area (Å²) >= 11 is 6.49. The number of imide groups is 1. The lowest BCUT2D eigenvalue weighted by Crippen LogP contribution is -2.52. The zero-order chi connectivity index (χ0) is 41.3. The topological polar surface area (TPSA) is 146 Å². The number of benzene rings is 3. The van der Waals surface area contributed by atoms with E-state index in [0.29, 0.717) is 17.0 Å². The summed E-state index contributed by atoms with van der Waals surface area (Å²) in [5, 5.41) is 5.78. The van der Waals surface area contributed by atoms with Crippen LogP contribution in [0.4, 0.5) is 16.2 Å². The SMILES string of the molecule is CCCCCCCCCCCCCCCCCC(=O)Nc1ccc(Cl)c(NC(=O)C(C(=O)c2cc(=O)oc3ccccc23)N2C(=O)CN(Cc3ccccc3)C2=O)c1. The van der Waals surface area contributed by atoms with Gasteiger partial charge in [0.25, 0.3) is 11.8 Å². The number of carbonyl (C=O) groups is 5. The Hall–Kier alpha value is -5.29. The Labute approximate surface area is 345 Å². The molecule has 1 fully saturated rings. The predicted octanol–water partition coefficient (Wildman–Crippen LogP) is 10.3. The molecule has 1 unspecified atom stereocenters. The zero-order valence-electron chi connectivity index (χ0n) is 33.4. The van der Waals surface area contributed by atoms with Crippen LogP contribution in [0.25, 0.3) is 11.0 Å². The minimum absolute atomic E-state index is 0.0481. The second kappa shape index (κ2) is 22.6. The number of anilines is 2. The van der Waals surface area contributed by atoms with Gasteiger partial charge in [0.15, 0.2) is 11.8 Å². The van der Waals surface area contributed by atoms with Crippen molar-refractivity contribution in [1.29, 1.82) is 0 Å². The van der Waals surface area contributed by atoms with Crippen molar-refractivity contribution < 1.29 is 28.4 Å². The van der Waals surface area contributed by atoms with Crippen molar-refractivity contribution in [2.24, 2.45) is 0 Å². The van der Waals surface area contributed by atoms with E-state index < -0.39 is 35.3 Å². The molecule has 5 rings (SSSR count). The summed E-state index contributed by atoms with van der Waals surface area (Å²) in [6, 6.07) is 17.9.